The first-order valence-electron chi connectivity index (χ1n) is 1.51. The molecule has 4 heteroatoms. The maximum atomic E-state index is 9.57. The lowest BCUT2D eigenvalue weighted by molar-refractivity contribution is -0.136. The Labute approximate surface area is 57.6 Å². The Bertz CT molecular complexity index is 64.0. The van der Waals surface area contributed by atoms with Gasteiger partial charge in [-0.05, 0) is 6.92 Å². The van der Waals surface area contributed by atoms with Crippen LogP contribution in [0.1, 0.15) is 6.92 Å². The minimum absolute atomic E-state index is 0. The van der Waals surface area contributed by atoms with E-state index in [4.69, 9.17) is 16.7 Å². The van der Waals surface area contributed by atoms with Crippen LogP contribution in [0.25, 0.3) is 0 Å². The van der Waals surface area contributed by atoms with Crippen LogP contribution in [-0.4, -0.2) is 33.8 Å². The molecule has 1 N–H and O–H groups in total. The molecular weight excluding hydrogens is 130 g/mol. The highest BCUT2D eigenvalue weighted by atomic mass is 35.5. The van der Waals surface area contributed by atoms with E-state index >= 15 is 0 Å². The maximum Gasteiger partial charge on any atom is 0.321 e. The van der Waals surface area contributed by atoms with Crippen molar-refractivity contribution in [2.45, 2.75) is 12.3 Å². The second-order valence-electron chi connectivity index (χ2n) is 0.954. The molecule has 0 bridgehead atoms. The van der Waals surface area contributed by atoms with Crippen LogP contribution < -0.4 is 0 Å². The summed E-state index contributed by atoms with van der Waals surface area (Å²) in [7, 11) is 0. The number of hydrogen-bond donors (Lipinski definition) is 1. The summed E-state index contributed by atoms with van der Waals surface area (Å²) < 4.78 is 0. The van der Waals surface area contributed by atoms with E-state index in [0.29, 0.717) is 0 Å². The van der Waals surface area contributed by atoms with Crippen molar-refractivity contribution >= 4 is 34.9 Å². The molecule has 0 aromatic rings. The largest absolute Gasteiger partial charge is 0.480 e. The van der Waals surface area contributed by atoms with Crippen molar-refractivity contribution in [3.63, 3.8) is 0 Å². The zero-order valence-electron chi connectivity index (χ0n) is 3.31. The number of aliphatic carboxylic acids is 1. The third-order valence-electron chi connectivity index (χ3n) is 0.340. The molecule has 7 heavy (non-hydrogen) atoms. The van der Waals surface area contributed by atoms with E-state index in [1.54, 1.807) is 0 Å². The van der Waals surface area contributed by atoms with Gasteiger partial charge >= 0.3 is 5.97 Å². The average Bonchev–Trinajstić information content (AvgIpc) is 1.36. The van der Waals surface area contributed by atoms with E-state index in [0.717, 1.165) is 0 Å². The highest BCUT2D eigenvalue weighted by Gasteiger charge is 2.02. The van der Waals surface area contributed by atoms with Crippen molar-refractivity contribution < 1.29 is 9.90 Å². The summed E-state index contributed by atoms with van der Waals surface area (Å²) in [5.74, 6) is -0.975. The fraction of sp³-hybridized carbons (Fsp3) is 0.667. The normalized spacial score (nSPS) is 11.7. The van der Waals surface area contributed by atoms with Crippen molar-refractivity contribution in [1.82, 2.24) is 0 Å². The van der Waals surface area contributed by atoms with Gasteiger partial charge in [-0.2, -0.15) is 0 Å². The molecule has 0 saturated carbocycles. The molecule has 0 fully saturated rings. The first-order chi connectivity index (χ1) is 2.64. The molecule has 2 nitrogen and oxygen atoms in total. The van der Waals surface area contributed by atoms with Gasteiger partial charge < -0.3 is 5.11 Å². The van der Waals surface area contributed by atoms with Crippen LogP contribution in [0.3, 0.4) is 0 Å². The number of carboxylic acids is 1. The predicted molar refractivity (Wildman–Crippen MR) is 32.9 cm³/mol. The van der Waals surface area contributed by atoms with Crippen molar-refractivity contribution in [2.24, 2.45) is 0 Å². The molecule has 0 aliphatic carbocycles. The highest BCUT2D eigenvalue weighted by Crippen LogP contribution is 1.89. The van der Waals surface area contributed by atoms with Crippen LogP contribution in [-0.2, 0) is 4.79 Å². The minimum atomic E-state index is -0.975. The summed E-state index contributed by atoms with van der Waals surface area (Å²) in [4.78, 5) is 9.57. The molecule has 0 amide bonds. The standard InChI is InChI=1S/C3H5ClO2.Al.3H/c1-2(4)3(5)6;;;;/h2H,1H3,(H,5,6);;;;. The molecule has 0 spiro atoms. The van der Waals surface area contributed by atoms with Gasteiger partial charge in [-0.1, -0.05) is 0 Å². The molecule has 0 aromatic heterocycles. The number of halogens is 1. The third-order valence-corrected chi connectivity index (χ3v) is 0.527. The van der Waals surface area contributed by atoms with Crippen molar-refractivity contribution in [3.05, 3.63) is 0 Å². The summed E-state index contributed by atoms with van der Waals surface area (Å²) in [5, 5.41) is 7.10. The molecule has 1 unspecified atom stereocenters. The molecular formula is C3H8AlClO2. The highest BCUT2D eigenvalue weighted by molar-refractivity contribution is 6.29. The van der Waals surface area contributed by atoms with Crippen LogP contribution in [0.5, 0.6) is 0 Å². The number of alkyl halides is 1. The first kappa shape index (κ1) is 10.3. The van der Waals surface area contributed by atoms with Crippen LogP contribution >= 0.6 is 11.6 Å². The van der Waals surface area contributed by atoms with E-state index in [1.807, 2.05) is 0 Å². The summed E-state index contributed by atoms with van der Waals surface area (Å²) in [5.41, 5.74) is 0. The van der Waals surface area contributed by atoms with E-state index in [1.165, 1.54) is 6.92 Å². The SMILES string of the molecule is CC(Cl)C(=O)O.[AlH3]. The van der Waals surface area contributed by atoms with E-state index in [-0.39, 0.29) is 17.4 Å². The molecule has 0 aliphatic heterocycles. The van der Waals surface area contributed by atoms with Crippen LogP contribution in [0.15, 0.2) is 0 Å². The zero-order chi connectivity index (χ0) is 5.15. The summed E-state index contributed by atoms with van der Waals surface area (Å²) in [6.07, 6.45) is 0. The molecule has 1 atom stereocenters. The summed E-state index contributed by atoms with van der Waals surface area (Å²) in [6, 6.07) is 0. The van der Waals surface area contributed by atoms with E-state index in [9.17, 15) is 4.79 Å². The van der Waals surface area contributed by atoms with Crippen molar-refractivity contribution in [2.75, 3.05) is 0 Å². The van der Waals surface area contributed by atoms with Gasteiger partial charge in [0, 0.05) is 0 Å². The smallest absolute Gasteiger partial charge is 0.321 e. The first-order valence-corrected chi connectivity index (χ1v) is 1.95. The lowest BCUT2D eigenvalue weighted by atomic mass is 10.5. The fourth-order valence-corrected chi connectivity index (χ4v) is 0. The Morgan fingerprint density at radius 1 is 1.86 bits per heavy atom. The van der Waals surface area contributed by atoms with Crippen LogP contribution in [0.2, 0.25) is 0 Å². The lowest BCUT2D eigenvalue weighted by Gasteiger charge is -1.86. The molecule has 42 valence electrons. The van der Waals surface area contributed by atoms with Gasteiger partial charge in [0.1, 0.15) is 5.38 Å². The minimum Gasteiger partial charge on any atom is -0.480 e. The number of carboxylic acid groups (broad SMARTS) is 1. The van der Waals surface area contributed by atoms with Gasteiger partial charge in [-0.3, -0.25) is 4.79 Å². The summed E-state index contributed by atoms with van der Waals surface area (Å²) >= 11 is 5.01. The monoisotopic (exact) mass is 138 g/mol. The Balaban J connectivity index is 0. The molecule has 0 saturated heterocycles. The van der Waals surface area contributed by atoms with Crippen LogP contribution in [0.4, 0.5) is 0 Å². The zero-order valence-corrected chi connectivity index (χ0v) is 4.07. The molecule has 0 rings (SSSR count). The lowest BCUT2D eigenvalue weighted by Crippen LogP contribution is -2.06. The van der Waals surface area contributed by atoms with Gasteiger partial charge in [0.25, 0.3) is 0 Å². The topological polar surface area (TPSA) is 37.3 Å². The molecule has 0 radical (unpaired) electrons. The Morgan fingerprint density at radius 2 is 2.00 bits per heavy atom. The van der Waals surface area contributed by atoms with Crippen molar-refractivity contribution in [1.29, 1.82) is 0 Å². The van der Waals surface area contributed by atoms with Gasteiger partial charge in [-0.15, -0.1) is 11.6 Å². The average molecular weight is 139 g/mol. The number of hydrogen-bond acceptors (Lipinski definition) is 1. The van der Waals surface area contributed by atoms with Gasteiger partial charge in [0.15, 0.2) is 17.4 Å². The van der Waals surface area contributed by atoms with E-state index < -0.39 is 11.3 Å². The Morgan fingerprint density at radius 3 is 2.00 bits per heavy atom. The Kier molecular flexibility index (Phi) is 6.56. The quantitative estimate of drug-likeness (QED) is 0.392. The fourth-order valence-electron chi connectivity index (χ4n) is 0. The third kappa shape index (κ3) is 6.29. The number of carbonyl (C=O) groups is 1. The number of rotatable bonds is 1. The maximum absolute atomic E-state index is 9.57. The second kappa shape index (κ2) is 4.45. The molecule has 0 heterocycles. The van der Waals surface area contributed by atoms with Gasteiger partial charge in [-0.25, -0.2) is 0 Å². The van der Waals surface area contributed by atoms with Crippen LogP contribution in [0, 0.1) is 0 Å². The predicted octanol–water partition coefficient (Wildman–Crippen LogP) is -0.486. The summed E-state index contributed by atoms with van der Waals surface area (Å²) in [6.45, 7) is 1.41. The molecule has 0 aromatic carbocycles. The van der Waals surface area contributed by atoms with Gasteiger partial charge in [0.2, 0.25) is 0 Å². The van der Waals surface area contributed by atoms with E-state index in [2.05, 4.69) is 0 Å². The Hall–Kier alpha value is 0.292. The van der Waals surface area contributed by atoms with Gasteiger partial charge in [0.05, 0.1) is 0 Å². The van der Waals surface area contributed by atoms with Crippen molar-refractivity contribution in [3.8, 4) is 0 Å². The molecule has 0 aliphatic rings. The second-order valence-corrected chi connectivity index (χ2v) is 1.61.